The van der Waals surface area contributed by atoms with Gasteiger partial charge in [-0.3, -0.25) is 4.79 Å². The summed E-state index contributed by atoms with van der Waals surface area (Å²) >= 11 is 1.52. The molecular weight excluding hydrogens is 290 g/mol. The quantitative estimate of drug-likeness (QED) is 0.759. The summed E-state index contributed by atoms with van der Waals surface area (Å²) in [6.45, 7) is 1.31. The molecule has 0 saturated carbocycles. The molecule has 106 valence electrons. The lowest BCUT2D eigenvalue weighted by molar-refractivity contribution is -0.137. The van der Waals surface area contributed by atoms with Crippen molar-refractivity contribution in [3.05, 3.63) is 11.6 Å². The summed E-state index contributed by atoms with van der Waals surface area (Å²) < 4.78 is 30.3. The highest BCUT2D eigenvalue weighted by Gasteiger charge is 2.28. The molecule has 0 aliphatic carbocycles. The first-order valence-corrected chi connectivity index (χ1v) is 8.24. The van der Waals surface area contributed by atoms with Crippen LogP contribution in [-0.2, 0) is 19.6 Å². The van der Waals surface area contributed by atoms with Gasteiger partial charge >= 0.3 is 5.97 Å². The van der Waals surface area contributed by atoms with Crippen LogP contribution in [0.4, 0.5) is 5.13 Å². The number of carbonyl (C=O) groups excluding carboxylic acids is 1. The molecule has 1 unspecified atom stereocenters. The lowest BCUT2D eigenvalue weighted by atomic mass is 10.3. The lowest BCUT2D eigenvalue weighted by Gasteiger charge is -2.15. The number of methoxy groups -OCH3 is 1. The largest absolute Gasteiger partial charge is 0.468 e. The van der Waals surface area contributed by atoms with Crippen molar-refractivity contribution < 1.29 is 17.9 Å². The van der Waals surface area contributed by atoms with Crippen LogP contribution in [0.1, 0.15) is 6.42 Å². The predicted molar refractivity (Wildman–Crippen MR) is 71.7 cm³/mol. The molecule has 1 atom stereocenters. The number of nitrogens with zero attached hydrogens (tertiary/aromatic N) is 2. The number of hydrogen-bond acceptors (Lipinski definition) is 7. The monoisotopic (exact) mass is 305 g/mol. The Balaban J connectivity index is 1.90. The minimum atomic E-state index is -3.64. The molecular formula is C10H15N3O4S2. The van der Waals surface area contributed by atoms with E-state index >= 15 is 0 Å². The average molecular weight is 305 g/mol. The fraction of sp³-hybridized carbons (Fsp3) is 0.600. The van der Waals surface area contributed by atoms with Gasteiger partial charge in [-0.05, 0) is 6.42 Å². The number of rotatable bonds is 5. The predicted octanol–water partition coefficient (Wildman–Crippen LogP) is -0.186. The van der Waals surface area contributed by atoms with Crippen molar-refractivity contribution in [2.75, 3.05) is 30.9 Å². The third-order valence-electron chi connectivity index (χ3n) is 2.76. The first-order valence-electron chi connectivity index (χ1n) is 5.71. The Labute approximate surface area is 115 Å². The van der Waals surface area contributed by atoms with E-state index in [0.717, 1.165) is 18.8 Å². The van der Waals surface area contributed by atoms with Gasteiger partial charge in [0.2, 0.25) is 10.0 Å². The zero-order valence-electron chi connectivity index (χ0n) is 10.4. The average Bonchev–Trinajstić information content (AvgIpc) is 2.97. The first kappa shape index (κ1) is 14.2. The van der Waals surface area contributed by atoms with Crippen molar-refractivity contribution in [3.63, 3.8) is 0 Å². The molecule has 0 spiro atoms. The standard InChI is InChI=1S/C10H15N3O4S2/c1-17-9(14)7-19(15,16)12-8-2-4-13(6-8)10-11-3-5-18-10/h3,5,8,12H,2,4,6-7H2,1H3. The van der Waals surface area contributed by atoms with Crippen LogP contribution in [0.5, 0.6) is 0 Å². The molecule has 1 aliphatic rings. The van der Waals surface area contributed by atoms with Crippen LogP contribution in [0.15, 0.2) is 11.6 Å². The van der Waals surface area contributed by atoms with Gasteiger partial charge < -0.3 is 9.64 Å². The summed E-state index contributed by atoms with van der Waals surface area (Å²) in [5, 5.41) is 2.76. The van der Waals surface area contributed by atoms with Gasteiger partial charge in [0.1, 0.15) is 0 Å². The molecule has 7 nitrogen and oxygen atoms in total. The highest BCUT2D eigenvalue weighted by Crippen LogP contribution is 2.22. The van der Waals surface area contributed by atoms with E-state index in [2.05, 4.69) is 14.4 Å². The Hall–Kier alpha value is -1.19. The second kappa shape index (κ2) is 5.85. The maximum absolute atomic E-state index is 11.7. The summed E-state index contributed by atoms with van der Waals surface area (Å²) in [6.07, 6.45) is 2.41. The second-order valence-corrected chi connectivity index (χ2v) is 6.83. The minimum absolute atomic E-state index is 0.196. The van der Waals surface area contributed by atoms with Gasteiger partial charge in [0, 0.05) is 30.7 Å². The molecule has 0 amide bonds. The molecule has 9 heteroatoms. The number of aromatic nitrogens is 1. The number of hydrogen-bond donors (Lipinski definition) is 1. The number of ether oxygens (including phenoxy) is 1. The van der Waals surface area contributed by atoms with Crippen molar-refractivity contribution in [1.29, 1.82) is 0 Å². The summed E-state index contributed by atoms with van der Waals surface area (Å²) in [5.41, 5.74) is 0. The van der Waals surface area contributed by atoms with Crippen LogP contribution in [0, 0.1) is 0 Å². The smallest absolute Gasteiger partial charge is 0.322 e. The number of sulfonamides is 1. The van der Waals surface area contributed by atoms with Crippen molar-refractivity contribution in [1.82, 2.24) is 9.71 Å². The SMILES string of the molecule is COC(=O)CS(=O)(=O)NC1CCN(c2nccs2)C1. The van der Waals surface area contributed by atoms with Gasteiger partial charge in [-0.15, -0.1) is 11.3 Å². The van der Waals surface area contributed by atoms with E-state index in [1.807, 2.05) is 10.3 Å². The molecule has 0 aromatic carbocycles. The van der Waals surface area contributed by atoms with Crippen LogP contribution >= 0.6 is 11.3 Å². The maximum atomic E-state index is 11.7. The third kappa shape index (κ3) is 3.88. The molecule has 1 N–H and O–H groups in total. The molecule has 1 saturated heterocycles. The number of thiazole rings is 1. The van der Waals surface area contributed by atoms with E-state index in [-0.39, 0.29) is 6.04 Å². The Morgan fingerprint density at radius 1 is 1.68 bits per heavy atom. The summed E-state index contributed by atoms with van der Waals surface area (Å²) in [6, 6.07) is -0.196. The van der Waals surface area contributed by atoms with E-state index < -0.39 is 21.7 Å². The molecule has 2 heterocycles. The topological polar surface area (TPSA) is 88.6 Å². The first-order chi connectivity index (χ1) is 9.00. The van der Waals surface area contributed by atoms with E-state index in [1.165, 1.54) is 11.3 Å². The van der Waals surface area contributed by atoms with E-state index in [1.54, 1.807) is 6.20 Å². The molecule has 1 fully saturated rings. The minimum Gasteiger partial charge on any atom is -0.468 e. The highest BCUT2D eigenvalue weighted by molar-refractivity contribution is 7.90. The van der Waals surface area contributed by atoms with Gasteiger partial charge in [0.15, 0.2) is 10.9 Å². The summed E-state index contributed by atoms with van der Waals surface area (Å²) in [4.78, 5) is 17.2. The van der Waals surface area contributed by atoms with Crippen LogP contribution in [0.25, 0.3) is 0 Å². The molecule has 1 aromatic rings. The van der Waals surface area contributed by atoms with E-state index in [9.17, 15) is 13.2 Å². The Kier molecular flexibility index (Phi) is 4.38. The highest BCUT2D eigenvalue weighted by atomic mass is 32.2. The number of esters is 1. The molecule has 0 bridgehead atoms. The lowest BCUT2D eigenvalue weighted by Crippen LogP contribution is -2.40. The molecule has 1 aliphatic heterocycles. The van der Waals surface area contributed by atoms with Crippen LogP contribution < -0.4 is 9.62 Å². The number of anilines is 1. The van der Waals surface area contributed by atoms with Gasteiger partial charge in [-0.2, -0.15) is 0 Å². The zero-order valence-corrected chi connectivity index (χ0v) is 12.0. The van der Waals surface area contributed by atoms with Crippen molar-refractivity contribution >= 4 is 32.5 Å². The third-order valence-corrected chi connectivity index (χ3v) is 4.90. The number of nitrogens with one attached hydrogen (secondary N) is 1. The summed E-state index contributed by atoms with van der Waals surface area (Å²) in [7, 11) is -2.47. The maximum Gasteiger partial charge on any atom is 0.322 e. The Morgan fingerprint density at radius 2 is 2.47 bits per heavy atom. The molecule has 2 rings (SSSR count). The zero-order chi connectivity index (χ0) is 13.9. The Morgan fingerprint density at radius 3 is 3.11 bits per heavy atom. The second-order valence-electron chi connectivity index (χ2n) is 4.20. The Bertz CT molecular complexity index is 529. The van der Waals surface area contributed by atoms with Gasteiger partial charge in [-0.1, -0.05) is 0 Å². The van der Waals surface area contributed by atoms with Crippen LogP contribution in [0.2, 0.25) is 0 Å². The van der Waals surface area contributed by atoms with Gasteiger partial charge in [-0.25, -0.2) is 18.1 Å². The normalized spacial score (nSPS) is 19.6. The van der Waals surface area contributed by atoms with Crippen molar-refractivity contribution in [3.8, 4) is 0 Å². The fourth-order valence-corrected chi connectivity index (χ4v) is 3.80. The molecule has 1 aromatic heterocycles. The van der Waals surface area contributed by atoms with E-state index in [0.29, 0.717) is 13.0 Å². The number of carbonyl (C=O) groups is 1. The van der Waals surface area contributed by atoms with Crippen molar-refractivity contribution in [2.24, 2.45) is 0 Å². The van der Waals surface area contributed by atoms with Crippen molar-refractivity contribution in [2.45, 2.75) is 12.5 Å². The van der Waals surface area contributed by atoms with Gasteiger partial charge in [0.05, 0.1) is 7.11 Å². The fourth-order valence-electron chi connectivity index (χ4n) is 1.91. The summed E-state index contributed by atoms with van der Waals surface area (Å²) in [5.74, 6) is -1.40. The molecule has 0 radical (unpaired) electrons. The van der Waals surface area contributed by atoms with Crippen LogP contribution in [0.3, 0.4) is 0 Å². The van der Waals surface area contributed by atoms with E-state index in [4.69, 9.17) is 0 Å². The molecule has 19 heavy (non-hydrogen) atoms. The van der Waals surface area contributed by atoms with Crippen LogP contribution in [-0.4, -0.2) is 51.4 Å². The van der Waals surface area contributed by atoms with Gasteiger partial charge in [0.25, 0.3) is 0 Å².